The Balaban J connectivity index is 1.27. The molecule has 3 aliphatic rings. The number of amides is 1. The second-order valence-corrected chi connectivity index (χ2v) is 10.8. The van der Waals surface area contributed by atoms with Crippen LogP contribution in [0.1, 0.15) is 76.1 Å². The minimum absolute atomic E-state index is 0.0326. The van der Waals surface area contributed by atoms with Crippen molar-refractivity contribution >= 4 is 11.7 Å². The monoisotopic (exact) mass is 398 g/mol. The quantitative estimate of drug-likeness (QED) is 0.830. The second-order valence-electron chi connectivity index (χ2n) is 10.8. The van der Waals surface area contributed by atoms with Crippen LogP contribution in [-0.2, 0) is 0 Å². The van der Waals surface area contributed by atoms with Crippen molar-refractivity contribution in [1.82, 2.24) is 15.2 Å². The van der Waals surface area contributed by atoms with E-state index in [1.165, 1.54) is 58.0 Å². The number of aromatic nitrogens is 1. The number of likely N-dealkylation sites (tertiary alicyclic amines) is 1. The molecule has 2 saturated heterocycles. The van der Waals surface area contributed by atoms with Gasteiger partial charge >= 0.3 is 0 Å². The van der Waals surface area contributed by atoms with Crippen LogP contribution in [0.25, 0.3) is 0 Å². The molecule has 5 nitrogen and oxygen atoms in total. The van der Waals surface area contributed by atoms with Crippen LogP contribution in [0.2, 0.25) is 0 Å². The molecular formula is C24H38N4O. The number of piperidine rings is 2. The number of hydrogen-bond acceptors (Lipinski definition) is 4. The predicted molar refractivity (Wildman–Crippen MR) is 118 cm³/mol. The molecule has 3 fully saturated rings. The van der Waals surface area contributed by atoms with Crippen LogP contribution in [0.5, 0.6) is 0 Å². The van der Waals surface area contributed by atoms with Crippen LogP contribution in [0.4, 0.5) is 5.82 Å². The topological polar surface area (TPSA) is 48.5 Å². The van der Waals surface area contributed by atoms with Crippen molar-refractivity contribution in [3.63, 3.8) is 0 Å². The van der Waals surface area contributed by atoms with Crippen molar-refractivity contribution in [2.45, 2.75) is 71.8 Å². The zero-order chi connectivity index (χ0) is 20.5. The second kappa shape index (κ2) is 8.25. The highest BCUT2D eigenvalue weighted by Gasteiger charge is 2.39. The molecule has 1 saturated carbocycles. The molecule has 1 aliphatic carbocycles. The predicted octanol–water partition coefficient (Wildman–Crippen LogP) is 4.09. The van der Waals surface area contributed by atoms with Gasteiger partial charge in [-0.15, -0.1) is 0 Å². The Morgan fingerprint density at radius 3 is 2.28 bits per heavy atom. The van der Waals surface area contributed by atoms with Crippen molar-refractivity contribution in [2.75, 3.05) is 37.6 Å². The number of carbonyl (C=O) groups is 1. The number of hydrogen-bond donors (Lipinski definition) is 1. The molecule has 3 heterocycles. The van der Waals surface area contributed by atoms with Crippen molar-refractivity contribution in [3.8, 4) is 0 Å². The first kappa shape index (κ1) is 20.6. The molecule has 1 spiro atoms. The third kappa shape index (κ3) is 4.93. The highest BCUT2D eigenvalue weighted by Crippen LogP contribution is 2.43. The van der Waals surface area contributed by atoms with Crippen LogP contribution < -0.4 is 10.2 Å². The summed E-state index contributed by atoms with van der Waals surface area (Å²) in [6.45, 7) is 11.8. The van der Waals surface area contributed by atoms with E-state index in [-0.39, 0.29) is 11.3 Å². The van der Waals surface area contributed by atoms with Gasteiger partial charge in [-0.3, -0.25) is 4.79 Å². The fraction of sp³-hybridized carbons (Fsp3) is 0.750. The lowest BCUT2D eigenvalue weighted by Crippen LogP contribution is -2.51. The molecule has 0 aromatic carbocycles. The molecule has 1 N–H and O–H groups in total. The molecule has 1 aromatic rings. The number of rotatable bonds is 4. The van der Waals surface area contributed by atoms with Gasteiger partial charge in [-0.2, -0.15) is 0 Å². The van der Waals surface area contributed by atoms with E-state index >= 15 is 0 Å². The lowest BCUT2D eigenvalue weighted by atomic mass is 9.70. The van der Waals surface area contributed by atoms with Gasteiger partial charge in [0.2, 0.25) is 0 Å². The SMILES string of the molecule is CC(C)(C)CNC(=O)c1ccc(N2CCC3(CC2)CCN(C2CCC2)CC3)nc1. The highest BCUT2D eigenvalue weighted by atomic mass is 16.1. The molecule has 5 heteroatoms. The summed E-state index contributed by atoms with van der Waals surface area (Å²) in [7, 11) is 0. The maximum absolute atomic E-state index is 12.3. The molecule has 0 bridgehead atoms. The molecule has 0 atom stereocenters. The Kier molecular flexibility index (Phi) is 5.87. The van der Waals surface area contributed by atoms with Crippen LogP contribution in [-0.4, -0.2) is 54.6 Å². The zero-order valence-electron chi connectivity index (χ0n) is 18.5. The first-order chi connectivity index (χ1) is 13.8. The summed E-state index contributed by atoms with van der Waals surface area (Å²) >= 11 is 0. The lowest BCUT2D eigenvalue weighted by Gasteiger charge is -2.50. The van der Waals surface area contributed by atoms with E-state index in [4.69, 9.17) is 0 Å². The Labute approximate surface area is 176 Å². The Hall–Kier alpha value is -1.62. The van der Waals surface area contributed by atoms with Gasteiger partial charge in [-0.1, -0.05) is 27.2 Å². The van der Waals surface area contributed by atoms with E-state index in [0.717, 1.165) is 24.9 Å². The largest absolute Gasteiger partial charge is 0.357 e. The van der Waals surface area contributed by atoms with Gasteiger partial charge in [-0.05, 0) is 74.6 Å². The molecule has 29 heavy (non-hydrogen) atoms. The standard InChI is InChI=1S/C24H38N4O/c1-23(2,3)18-26-22(29)19-7-8-21(25-17-19)28-15-11-24(12-16-28)9-13-27(14-10-24)20-5-4-6-20/h7-8,17,20H,4-6,9-16,18H2,1-3H3,(H,26,29). The van der Waals surface area contributed by atoms with Gasteiger partial charge in [-0.25, -0.2) is 4.98 Å². The van der Waals surface area contributed by atoms with Crippen LogP contribution >= 0.6 is 0 Å². The van der Waals surface area contributed by atoms with Crippen molar-refractivity contribution in [3.05, 3.63) is 23.9 Å². The van der Waals surface area contributed by atoms with Crippen molar-refractivity contribution < 1.29 is 4.79 Å². The van der Waals surface area contributed by atoms with Gasteiger partial charge in [0.1, 0.15) is 5.82 Å². The Morgan fingerprint density at radius 1 is 1.10 bits per heavy atom. The van der Waals surface area contributed by atoms with E-state index in [9.17, 15) is 4.79 Å². The molecule has 2 aliphatic heterocycles. The minimum Gasteiger partial charge on any atom is -0.357 e. The molecule has 4 rings (SSSR count). The van der Waals surface area contributed by atoms with Gasteiger partial charge in [0, 0.05) is 31.9 Å². The number of nitrogens with one attached hydrogen (secondary N) is 1. The molecule has 160 valence electrons. The zero-order valence-corrected chi connectivity index (χ0v) is 18.5. The average Bonchev–Trinajstić information content (AvgIpc) is 2.67. The lowest BCUT2D eigenvalue weighted by molar-refractivity contribution is 0.0305. The smallest absolute Gasteiger partial charge is 0.252 e. The van der Waals surface area contributed by atoms with E-state index in [1.807, 2.05) is 12.1 Å². The third-order valence-corrected chi connectivity index (χ3v) is 7.39. The van der Waals surface area contributed by atoms with E-state index in [1.54, 1.807) is 6.20 Å². The Bertz CT molecular complexity index is 687. The summed E-state index contributed by atoms with van der Waals surface area (Å²) in [5.41, 5.74) is 1.29. The Morgan fingerprint density at radius 2 is 1.76 bits per heavy atom. The molecule has 0 radical (unpaired) electrons. The molecule has 0 unspecified atom stereocenters. The normalized spacial score (nSPS) is 23.1. The summed E-state index contributed by atoms with van der Waals surface area (Å²) in [4.78, 5) is 22.1. The van der Waals surface area contributed by atoms with Gasteiger partial charge in [0.15, 0.2) is 0 Å². The first-order valence-corrected chi connectivity index (χ1v) is 11.6. The van der Waals surface area contributed by atoms with Crippen LogP contribution in [0.3, 0.4) is 0 Å². The number of pyridine rings is 1. The first-order valence-electron chi connectivity index (χ1n) is 11.6. The van der Waals surface area contributed by atoms with E-state index < -0.39 is 0 Å². The van der Waals surface area contributed by atoms with E-state index in [2.05, 4.69) is 40.9 Å². The van der Waals surface area contributed by atoms with Gasteiger partial charge in [0.25, 0.3) is 5.91 Å². The highest BCUT2D eigenvalue weighted by molar-refractivity contribution is 5.94. The van der Waals surface area contributed by atoms with Gasteiger partial charge < -0.3 is 15.1 Å². The van der Waals surface area contributed by atoms with Crippen molar-refractivity contribution in [1.29, 1.82) is 0 Å². The maximum atomic E-state index is 12.3. The van der Waals surface area contributed by atoms with Crippen LogP contribution in [0, 0.1) is 10.8 Å². The minimum atomic E-state index is -0.0326. The average molecular weight is 399 g/mol. The summed E-state index contributed by atoms with van der Waals surface area (Å²) in [6, 6.07) is 4.83. The third-order valence-electron chi connectivity index (χ3n) is 7.39. The van der Waals surface area contributed by atoms with Crippen molar-refractivity contribution in [2.24, 2.45) is 10.8 Å². The van der Waals surface area contributed by atoms with Gasteiger partial charge in [0.05, 0.1) is 5.56 Å². The summed E-state index contributed by atoms with van der Waals surface area (Å²) in [6.07, 6.45) is 11.3. The fourth-order valence-electron chi connectivity index (χ4n) is 4.98. The molecule has 1 aromatic heterocycles. The summed E-state index contributed by atoms with van der Waals surface area (Å²) in [5, 5.41) is 3.00. The molecule has 1 amide bonds. The summed E-state index contributed by atoms with van der Waals surface area (Å²) < 4.78 is 0. The fourth-order valence-corrected chi connectivity index (χ4v) is 4.98. The maximum Gasteiger partial charge on any atom is 0.252 e. The number of carbonyl (C=O) groups excluding carboxylic acids is 1. The molecular weight excluding hydrogens is 360 g/mol. The van der Waals surface area contributed by atoms with E-state index in [0.29, 0.717) is 17.5 Å². The van der Waals surface area contributed by atoms with Crippen LogP contribution in [0.15, 0.2) is 18.3 Å². The summed E-state index contributed by atoms with van der Waals surface area (Å²) in [5.74, 6) is 0.980. The number of nitrogens with zero attached hydrogens (tertiary/aromatic N) is 3. The number of anilines is 1.